The Bertz CT molecular complexity index is 1300. The third-order valence-corrected chi connectivity index (χ3v) is 16.9. The number of aliphatic hydroxyl groups is 2. The molecular formula is C74H141NO5. The lowest BCUT2D eigenvalue weighted by Gasteiger charge is -2.20. The van der Waals surface area contributed by atoms with Crippen LogP contribution in [0.4, 0.5) is 0 Å². The van der Waals surface area contributed by atoms with Crippen LogP contribution in [-0.2, 0) is 14.3 Å². The molecule has 0 fully saturated rings. The van der Waals surface area contributed by atoms with Crippen molar-refractivity contribution in [3.63, 3.8) is 0 Å². The number of hydrogen-bond acceptors (Lipinski definition) is 5. The predicted molar refractivity (Wildman–Crippen MR) is 352 cm³/mol. The minimum absolute atomic E-state index is 0.0150. The first-order chi connectivity index (χ1) is 39.5. The maximum Gasteiger partial charge on any atom is 0.305 e. The first-order valence-corrected chi connectivity index (χ1v) is 36.3. The third kappa shape index (κ3) is 65.2. The van der Waals surface area contributed by atoms with E-state index in [1.54, 1.807) is 6.08 Å². The molecule has 2 atom stereocenters. The topological polar surface area (TPSA) is 95.9 Å². The van der Waals surface area contributed by atoms with Gasteiger partial charge in [-0.15, -0.1) is 0 Å². The van der Waals surface area contributed by atoms with Crippen molar-refractivity contribution < 1.29 is 24.5 Å². The van der Waals surface area contributed by atoms with Crippen molar-refractivity contribution >= 4 is 11.9 Å². The van der Waals surface area contributed by atoms with Gasteiger partial charge in [0, 0.05) is 12.8 Å². The van der Waals surface area contributed by atoms with Crippen molar-refractivity contribution in [3.05, 3.63) is 36.5 Å². The van der Waals surface area contributed by atoms with Crippen LogP contribution in [0.25, 0.3) is 0 Å². The Morgan fingerprint density at radius 3 is 0.887 bits per heavy atom. The van der Waals surface area contributed by atoms with E-state index in [2.05, 4.69) is 43.5 Å². The molecule has 472 valence electrons. The van der Waals surface area contributed by atoms with E-state index >= 15 is 0 Å². The maximum atomic E-state index is 12.5. The SMILES string of the molecule is CCCCCCCC/C=C\CCCCCCCCCC(=O)OCCCCCCCCCCCCCC/C=C\CCCCCCCCCCCCCCCCCCC(=O)NC(CO)C(O)/C=C/CCCCCCCCCCCCCC. The highest BCUT2D eigenvalue weighted by Gasteiger charge is 2.18. The zero-order chi connectivity index (χ0) is 57.8. The average molecular weight is 1120 g/mol. The van der Waals surface area contributed by atoms with Crippen LogP contribution in [0.1, 0.15) is 399 Å². The van der Waals surface area contributed by atoms with Crippen LogP contribution in [0.15, 0.2) is 36.5 Å². The van der Waals surface area contributed by atoms with Gasteiger partial charge in [-0.2, -0.15) is 0 Å². The van der Waals surface area contributed by atoms with Crippen LogP contribution >= 0.6 is 0 Å². The maximum absolute atomic E-state index is 12.5. The van der Waals surface area contributed by atoms with Gasteiger partial charge in [-0.25, -0.2) is 0 Å². The second-order valence-electron chi connectivity index (χ2n) is 24.9. The Kier molecular flexibility index (Phi) is 67.9. The van der Waals surface area contributed by atoms with Crippen LogP contribution in [0, 0.1) is 0 Å². The van der Waals surface area contributed by atoms with E-state index in [1.807, 2.05) is 6.08 Å². The predicted octanol–water partition coefficient (Wildman–Crippen LogP) is 23.5. The van der Waals surface area contributed by atoms with E-state index in [-0.39, 0.29) is 18.5 Å². The van der Waals surface area contributed by atoms with Gasteiger partial charge in [0.15, 0.2) is 0 Å². The molecular weight excluding hydrogens is 983 g/mol. The molecule has 80 heavy (non-hydrogen) atoms. The van der Waals surface area contributed by atoms with E-state index in [4.69, 9.17) is 4.74 Å². The lowest BCUT2D eigenvalue weighted by Crippen LogP contribution is -2.45. The van der Waals surface area contributed by atoms with Gasteiger partial charge in [0.1, 0.15) is 0 Å². The van der Waals surface area contributed by atoms with Crippen molar-refractivity contribution in [1.29, 1.82) is 0 Å². The van der Waals surface area contributed by atoms with E-state index in [0.29, 0.717) is 19.4 Å². The molecule has 3 N–H and O–H groups in total. The molecule has 0 saturated heterocycles. The first-order valence-electron chi connectivity index (χ1n) is 36.3. The highest BCUT2D eigenvalue weighted by Crippen LogP contribution is 2.18. The molecule has 1 amide bonds. The number of nitrogens with one attached hydrogen (secondary N) is 1. The van der Waals surface area contributed by atoms with Gasteiger partial charge in [-0.3, -0.25) is 9.59 Å². The molecule has 0 radical (unpaired) electrons. The molecule has 6 nitrogen and oxygen atoms in total. The van der Waals surface area contributed by atoms with Crippen LogP contribution < -0.4 is 5.32 Å². The highest BCUT2D eigenvalue weighted by atomic mass is 16.5. The molecule has 0 aromatic rings. The number of ether oxygens (including phenoxy) is 1. The molecule has 0 rings (SSSR count). The Morgan fingerprint density at radius 1 is 0.338 bits per heavy atom. The fraction of sp³-hybridized carbons (Fsp3) is 0.892. The number of hydrogen-bond donors (Lipinski definition) is 3. The van der Waals surface area contributed by atoms with Crippen LogP contribution in [0.3, 0.4) is 0 Å². The van der Waals surface area contributed by atoms with Gasteiger partial charge < -0.3 is 20.3 Å². The fourth-order valence-corrected chi connectivity index (χ4v) is 11.3. The monoisotopic (exact) mass is 1120 g/mol. The minimum atomic E-state index is -0.842. The Morgan fingerprint density at radius 2 is 0.588 bits per heavy atom. The largest absolute Gasteiger partial charge is 0.466 e. The Balaban J connectivity index is 3.35. The Hall–Kier alpha value is -1.92. The Labute approximate surface area is 500 Å². The van der Waals surface area contributed by atoms with Gasteiger partial charge in [0.2, 0.25) is 5.91 Å². The van der Waals surface area contributed by atoms with Crippen LogP contribution in [0.2, 0.25) is 0 Å². The molecule has 0 heterocycles. The van der Waals surface area contributed by atoms with E-state index in [1.165, 1.54) is 327 Å². The number of carbonyl (C=O) groups excluding carboxylic acids is 2. The van der Waals surface area contributed by atoms with Gasteiger partial charge in [0.05, 0.1) is 25.4 Å². The minimum Gasteiger partial charge on any atom is -0.466 e. The number of allylic oxidation sites excluding steroid dienone is 5. The second-order valence-corrected chi connectivity index (χ2v) is 24.9. The van der Waals surface area contributed by atoms with Crippen molar-refractivity contribution in [2.45, 2.75) is 411 Å². The summed E-state index contributed by atoms with van der Waals surface area (Å²) in [7, 11) is 0. The van der Waals surface area contributed by atoms with Crippen molar-refractivity contribution in [3.8, 4) is 0 Å². The molecule has 0 aromatic heterocycles. The van der Waals surface area contributed by atoms with Crippen molar-refractivity contribution in [2.24, 2.45) is 0 Å². The van der Waals surface area contributed by atoms with Crippen LogP contribution in [-0.4, -0.2) is 47.4 Å². The fourth-order valence-electron chi connectivity index (χ4n) is 11.3. The van der Waals surface area contributed by atoms with E-state index in [0.717, 1.165) is 44.9 Å². The molecule has 0 aromatic carbocycles. The van der Waals surface area contributed by atoms with Crippen molar-refractivity contribution in [2.75, 3.05) is 13.2 Å². The molecule has 0 spiro atoms. The average Bonchev–Trinajstić information content (AvgIpc) is 3.46. The summed E-state index contributed by atoms with van der Waals surface area (Å²) in [6.45, 7) is 4.93. The van der Waals surface area contributed by atoms with Gasteiger partial charge in [-0.05, 0) is 83.5 Å². The van der Waals surface area contributed by atoms with Gasteiger partial charge in [0.25, 0.3) is 0 Å². The summed E-state index contributed by atoms with van der Waals surface area (Å²) in [5.74, 6) is -0.0485. The number of amides is 1. The summed E-state index contributed by atoms with van der Waals surface area (Å²) < 4.78 is 5.50. The first kappa shape index (κ1) is 78.1. The molecule has 0 aliphatic heterocycles. The normalized spacial score (nSPS) is 12.7. The van der Waals surface area contributed by atoms with Crippen molar-refractivity contribution in [1.82, 2.24) is 5.32 Å². The van der Waals surface area contributed by atoms with E-state index < -0.39 is 12.1 Å². The quantitative estimate of drug-likeness (QED) is 0.0320. The van der Waals surface area contributed by atoms with Crippen LogP contribution in [0.5, 0.6) is 0 Å². The standard InChI is InChI=1S/C74H141NO5/c1-3-5-7-9-11-13-15-17-19-36-40-44-48-52-56-60-64-68-74(79)80-69-65-61-57-53-49-45-41-38-35-33-31-29-27-25-23-21-20-22-24-26-28-30-32-34-37-39-43-47-51-55-59-63-67-73(78)75-71(70-76)72(77)66-62-58-54-50-46-42-18-16-14-12-10-8-6-4-2/h17,19,23,25,62,66,71-72,76-77H,3-16,18,20-22,24,26-61,63-65,67-70H2,1-2H3,(H,75,78)/b19-17-,25-23-,66-62+. The number of rotatable bonds is 68. The molecule has 6 heteroatoms. The molecule has 0 saturated carbocycles. The second kappa shape index (κ2) is 69.6. The van der Waals surface area contributed by atoms with Gasteiger partial charge >= 0.3 is 5.97 Å². The summed E-state index contributed by atoms with van der Waals surface area (Å²) in [6.07, 6.45) is 89.5. The lowest BCUT2D eigenvalue weighted by atomic mass is 10.0. The van der Waals surface area contributed by atoms with Gasteiger partial charge in [-0.1, -0.05) is 339 Å². The zero-order valence-corrected chi connectivity index (χ0v) is 54.1. The molecule has 0 bridgehead atoms. The summed E-state index contributed by atoms with van der Waals surface area (Å²) in [6, 6.07) is -0.625. The number of esters is 1. The van der Waals surface area contributed by atoms with E-state index in [9.17, 15) is 19.8 Å². The summed E-state index contributed by atoms with van der Waals surface area (Å²) in [4.78, 5) is 24.6. The molecule has 0 aliphatic rings. The zero-order valence-electron chi connectivity index (χ0n) is 54.1. The summed E-state index contributed by atoms with van der Waals surface area (Å²) in [5, 5.41) is 23.1. The smallest absolute Gasteiger partial charge is 0.305 e. The summed E-state index contributed by atoms with van der Waals surface area (Å²) in [5.41, 5.74) is 0. The number of aliphatic hydroxyl groups excluding tert-OH is 2. The molecule has 0 aliphatic carbocycles. The highest BCUT2D eigenvalue weighted by molar-refractivity contribution is 5.76. The molecule has 2 unspecified atom stereocenters. The number of carbonyl (C=O) groups is 2. The summed E-state index contributed by atoms with van der Waals surface area (Å²) >= 11 is 0. The third-order valence-electron chi connectivity index (χ3n) is 16.9. The lowest BCUT2D eigenvalue weighted by molar-refractivity contribution is -0.143. The number of unbranched alkanes of at least 4 members (excludes halogenated alkanes) is 53.